The highest BCUT2D eigenvalue weighted by Crippen LogP contribution is 2.28. The van der Waals surface area contributed by atoms with Gasteiger partial charge in [0.15, 0.2) is 0 Å². The fourth-order valence-corrected chi connectivity index (χ4v) is 3.15. The number of carbonyl (C=O) groups is 1. The van der Waals surface area contributed by atoms with Crippen LogP contribution in [0.3, 0.4) is 0 Å². The Morgan fingerprint density at radius 1 is 1.12 bits per heavy atom. The number of hydrogen-bond acceptors (Lipinski definition) is 6. The van der Waals surface area contributed by atoms with Gasteiger partial charge in [-0.25, -0.2) is 9.97 Å². The van der Waals surface area contributed by atoms with Crippen molar-refractivity contribution in [2.24, 2.45) is 0 Å². The monoisotopic (exact) mass is 353 g/mol. The van der Waals surface area contributed by atoms with E-state index in [-0.39, 0.29) is 5.91 Å². The van der Waals surface area contributed by atoms with E-state index in [1.807, 2.05) is 23.1 Å². The number of piperazine rings is 1. The number of benzene rings is 1. The Morgan fingerprint density at radius 2 is 1.81 bits per heavy atom. The molecule has 1 saturated carbocycles. The third-order valence-corrected chi connectivity index (χ3v) is 4.80. The van der Waals surface area contributed by atoms with Gasteiger partial charge in [-0.05, 0) is 25.0 Å². The number of ether oxygens (including phenoxy) is 1. The first-order chi connectivity index (χ1) is 12.7. The molecule has 1 aromatic carbocycles. The zero-order chi connectivity index (χ0) is 17.9. The second kappa shape index (κ2) is 7.19. The largest absolute Gasteiger partial charge is 0.495 e. The predicted octanol–water partition coefficient (Wildman–Crippen LogP) is 2.02. The van der Waals surface area contributed by atoms with Gasteiger partial charge in [-0.1, -0.05) is 12.1 Å². The van der Waals surface area contributed by atoms with E-state index in [2.05, 4.69) is 26.3 Å². The summed E-state index contributed by atoms with van der Waals surface area (Å²) in [5.41, 5.74) is 1.61. The van der Waals surface area contributed by atoms with Crippen molar-refractivity contribution in [1.29, 1.82) is 0 Å². The SMILES string of the molecule is COc1ccccc1N1CCN(C(=O)c2cnc(NC3CC3)nc2)CC1. The van der Waals surface area contributed by atoms with Crippen LogP contribution >= 0.6 is 0 Å². The van der Waals surface area contributed by atoms with E-state index in [9.17, 15) is 4.79 Å². The van der Waals surface area contributed by atoms with Crippen molar-refractivity contribution in [3.63, 3.8) is 0 Å². The van der Waals surface area contributed by atoms with Crippen molar-refractivity contribution in [2.45, 2.75) is 18.9 Å². The van der Waals surface area contributed by atoms with Gasteiger partial charge in [0.1, 0.15) is 5.75 Å². The van der Waals surface area contributed by atoms with Gasteiger partial charge in [-0.15, -0.1) is 0 Å². The lowest BCUT2D eigenvalue weighted by molar-refractivity contribution is 0.0746. The minimum absolute atomic E-state index is 0.0114. The van der Waals surface area contributed by atoms with Crippen molar-refractivity contribution in [3.05, 3.63) is 42.2 Å². The smallest absolute Gasteiger partial charge is 0.257 e. The van der Waals surface area contributed by atoms with E-state index in [0.29, 0.717) is 30.6 Å². The molecule has 0 atom stereocenters. The maximum atomic E-state index is 12.7. The van der Waals surface area contributed by atoms with Gasteiger partial charge in [0, 0.05) is 44.6 Å². The Bertz CT molecular complexity index is 768. The Morgan fingerprint density at radius 3 is 2.46 bits per heavy atom. The molecule has 1 saturated heterocycles. The fraction of sp³-hybridized carbons (Fsp3) is 0.421. The molecule has 1 aliphatic heterocycles. The summed E-state index contributed by atoms with van der Waals surface area (Å²) in [6.45, 7) is 2.88. The number of nitrogens with one attached hydrogen (secondary N) is 1. The highest BCUT2D eigenvalue weighted by Gasteiger charge is 2.25. The highest BCUT2D eigenvalue weighted by molar-refractivity contribution is 5.93. The van der Waals surface area contributed by atoms with Crippen molar-refractivity contribution < 1.29 is 9.53 Å². The van der Waals surface area contributed by atoms with Gasteiger partial charge in [0.05, 0.1) is 18.4 Å². The van der Waals surface area contributed by atoms with Crippen molar-refractivity contribution >= 4 is 17.5 Å². The normalized spacial score (nSPS) is 17.1. The van der Waals surface area contributed by atoms with Gasteiger partial charge < -0.3 is 19.9 Å². The first kappa shape index (κ1) is 16.6. The quantitative estimate of drug-likeness (QED) is 0.887. The number of hydrogen-bond donors (Lipinski definition) is 1. The van der Waals surface area contributed by atoms with Crippen LogP contribution in [0, 0.1) is 0 Å². The summed E-state index contributed by atoms with van der Waals surface area (Å²) >= 11 is 0. The van der Waals surface area contributed by atoms with Gasteiger partial charge in [-0.2, -0.15) is 0 Å². The minimum Gasteiger partial charge on any atom is -0.495 e. The maximum absolute atomic E-state index is 12.7. The van der Waals surface area contributed by atoms with Gasteiger partial charge in [0.2, 0.25) is 5.95 Å². The van der Waals surface area contributed by atoms with Crippen LogP contribution in [0.25, 0.3) is 0 Å². The zero-order valence-corrected chi connectivity index (χ0v) is 14.9. The Balaban J connectivity index is 1.37. The van der Waals surface area contributed by atoms with Gasteiger partial charge in [-0.3, -0.25) is 4.79 Å². The molecule has 2 aliphatic rings. The lowest BCUT2D eigenvalue weighted by Crippen LogP contribution is -2.48. The molecule has 2 heterocycles. The fourth-order valence-electron chi connectivity index (χ4n) is 3.15. The summed E-state index contributed by atoms with van der Waals surface area (Å²) in [5, 5.41) is 3.23. The molecule has 0 unspecified atom stereocenters. The molecule has 136 valence electrons. The highest BCUT2D eigenvalue weighted by atomic mass is 16.5. The van der Waals surface area contributed by atoms with Crippen LogP contribution in [0.4, 0.5) is 11.6 Å². The van der Waals surface area contributed by atoms with E-state index in [1.54, 1.807) is 19.5 Å². The second-order valence-electron chi connectivity index (χ2n) is 6.67. The van der Waals surface area contributed by atoms with Crippen LogP contribution in [0.1, 0.15) is 23.2 Å². The predicted molar refractivity (Wildman–Crippen MR) is 99.8 cm³/mol. The lowest BCUT2D eigenvalue weighted by atomic mass is 10.2. The summed E-state index contributed by atoms with van der Waals surface area (Å²) in [4.78, 5) is 25.3. The van der Waals surface area contributed by atoms with Crippen molar-refractivity contribution in [3.8, 4) is 5.75 Å². The van der Waals surface area contributed by atoms with Crippen LogP contribution in [0.2, 0.25) is 0 Å². The molecule has 4 rings (SSSR count). The van der Waals surface area contributed by atoms with E-state index in [0.717, 1.165) is 24.5 Å². The number of rotatable bonds is 5. The standard InChI is InChI=1S/C19H23N5O2/c1-26-17-5-3-2-4-16(17)23-8-10-24(11-9-23)18(25)14-12-20-19(21-13-14)22-15-6-7-15/h2-5,12-13,15H,6-11H2,1H3,(H,20,21,22). The summed E-state index contributed by atoms with van der Waals surface area (Å²) in [6, 6.07) is 8.48. The van der Waals surface area contributed by atoms with Crippen LogP contribution in [-0.2, 0) is 0 Å². The number of nitrogens with zero attached hydrogens (tertiary/aromatic N) is 4. The Kier molecular flexibility index (Phi) is 4.60. The number of anilines is 2. The summed E-state index contributed by atoms with van der Waals surface area (Å²) in [5.74, 6) is 1.45. The lowest BCUT2D eigenvalue weighted by Gasteiger charge is -2.36. The molecule has 7 nitrogen and oxygen atoms in total. The number of amides is 1. The number of methoxy groups -OCH3 is 1. The Hall–Kier alpha value is -2.83. The molecule has 1 aromatic heterocycles. The first-order valence-corrected chi connectivity index (χ1v) is 9.00. The molecule has 1 N–H and O–H groups in total. The molecule has 2 aromatic rings. The van der Waals surface area contributed by atoms with Crippen molar-refractivity contribution in [2.75, 3.05) is 43.5 Å². The van der Waals surface area contributed by atoms with E-state index in [1.165, 1.54) is 12.8 Å². The molecule has 1 amide bonds. The Labute approximate surface area is 153 Å². The van der Waals surface area contributed by atoms with Gasteiger partial charge in [0.25, 0.3) is 5.91 Å². The molecular formula is C19H23N5O2. The second-order valence-corrected chi connectivity index (χ2v) is 6.67. The summed E-state index contributed by atoms with van der Waals surface area (Å²) in [7, 11) is 1.68. The van der Waals surface area contributed by atoms with Crippen LogP contribution < -0.4 is 15.0 Å². The topological polar surface area (TPSA) is 70.6 Å². The molecule has 0 bridgehead atoms. The number of para-hydroxylation sites is 2. The molecule has 0 spiro atoms. The molecule has 1 aliphatic carbocycles. The summed E-state index contributed by atoms with van der Waals surface area (Å²) in [6.07, 6.45) is 5.57. The third-order valence-electron chi connectivity index (χ3n) is 4.80. The molecule has 2 fully saturated rings. The minimum atomic E-state index is -0.0114. The van der Waals surface area contributed by atoms with E-state index >= 15 is 0 Å². The zero-order valence-electron chi connectivity index (χ0n) is 14.9. The van der Waals surface area contributed by atoms with Crippen LogP contribution in [0.5, 0.6) is 5.75 Å². The van der Waals surface area contributed by atoms with Crippen LogP contribution in [-0.4, -0.2) is 60.1 Å². The average molecular weight is 353 g/mol. The van der Waals surface area contributed by atoms with Crippen LogP contribution in [0.15, 0.2) is 36.7 Å². The summed E-state index contributed by atoms with van der Waals surface area (Å²) < 4.78 is 5.44. The van der Waals surface area contributed by atoms with Gasteiger partial charge >= 0.3 is 0 Å². The molecular weight excluding hydrogens is 330 g/mol. The number of carbonyl (C=O) groups excluding carboxylic acids is 1. The number of aromatic nitrogens is 2. The molecule has 0 radical (unpaired) electrons. The average Bonchev–Trinajstić information content (AvgIpc) is 3.52. The molecule has 26 heavy (non-hydrogen) atoms. The van der Waals surface area contributed by atoms with E-state index < -0.39 is 0 Å². The first-order valence-electron chi connectivity index (χ1n) is 9.00. The molecule has 7 heteroatoms. The maximum Gasteiger partial charge on any atom is 0.257 e. The third kappa shape index (κ3) is 3.56. The van der Waals surface area contributed by atoms with Crippen molar-refractivity contribution in [1.82, 2.24) is 14.9 Å². The van der Waals surface area contributed by atoms with E-state index in [4.69, 9.17) is 4.74 Å².